The lowest BCUT2D eigenvalue weighted by molar-refractivity contribution is 0.138. The van der Waals surface area contributed by atoms with Crippen molar-refractivity contribution in [3.8, 4) is 0 Å². The Balaban J connectivity index is 1.41. The van der Waals surface area contributed by atoms with Crippen molar-refractivity contribution in [3.63, 3.8) is 0 Å². The maximum atomic E-state index is 11.9. The van der Waals surface area contributed by atoms with Crippen LogP contribution in [0.4, 0.5) is 4.79 Å². The Labute approximate surface area is 140 Å². The first kappa shape index (κ1) is 14.8. The highest BCUT2D eigenvalue weighted by atomic mass is 16.5. The Morgan fingerprint density at radius 3 is 2.67 bits per heavy atom. The fourth-order valence-corrected chi connectivity index (χ4v) is 2.88. The minimum Gasteiger partial charge on any atom is -0.445 e. The van der Waals surface area contributed by atoms with Gasteiger partial charge < -0.3 is 14.6 Å². The van der Waals surface area contributed by atoms with Crippen LogP contribution in [0.25, 0.3) is 11.0 Å². The molecule has 0 unspecified atom stereocenters. The van der Waals surface area contributed by atoms with E-state index in [9.17, 15) is 4.79 Å². The van der Waals surface area contributed by atoms with Crippen molar-refractivity contribution in [2.24, 2.45) is 0 Å². The van der Waals surface area contributed by atoms with E-state index in [0.717, 1.165) is 22.4 Å². The van der Waals surface area contributed by atoms with Crippen LogP contribution in [0.15, 0.2) is 54.6 Å². The van der Waals surface area contributed by atoms with Gasteiger partial charge in [-0.25, -0.2) is 9.78 Å². The van der Waals surface area contributed by atoms with Gasteiger partial charge in [0.05, 0.1) is 17.6 Å². The highest BCUT2D eigenvalue weighted by molar-refractivity contribution is 5.76. The molecular weight excluding hydrogens is 302 g/mol. The monoisotopic (exact) mass is 321 g/mol. The summed E-state index contributed by atoms with van der Waals surface area (Å²) >= 11 is 0. The van der Waals surface area contributed by atoms with Crippen LogP contribution >= 0.6 is 0 Å². The molecule has 0 radical (unpaired) electrons. The topological polar surface area (TPSA) is 56.2 Å². The van der Waals surface area contributed by atoms with Crippen molar-refractivity contribution in [1.29, 1.82) is 0 Å². The second kappa shape index (κ2) is 6.35. The molecule has 24 heavy (non-hydrogen) atoms. The van der Waals surface area contributed by atoms with Gasteiger partial charge in [-0.2, -0.15) is 0 Å². The second-order valence-corrected chi connectivity index (χ2v) is 6.03. The van der Waals surface area contributed by atoms with Gasteiger partial charge in [-0.3, -0.25) is 0 Å². The van der Waals surface area contributed by atoms with Gasteiger partial charge in [0.2, 0.25) is 0 Å². The molecule has 1 N–H and O–H groups in total. The smallest absolute Gasteiger partial charge is 0.407 e. The average molecular weight is 321 g/mol. The molecule has 5 nitrogen and oxygen atoms in total. The summed E-state index contributed by atoms with van der Waals surface area (Å²) in [5.74, 6) is 0.885. The number of aromatic nitrogens is 2. The van der Waals surface area contributed by atoms with Gasteiger partial charge in [-0.15, -0.1) is 0 Å². The number of carbonyl (C=O) groups is 1. The van der Waals surface area contributed by atoms with Crippen molar-refractivity contribution in [3.05, 3.63) is 66.0 Å². The predicted molar refractivity (Wildman–Crippen MR) is 91.5 cm³/mol. The third-order valence-electron chi connectivity index (χ3n) is 4.18. The number of fused-ring (bicyclic) bond motifs is 1. The maximum Gasteiger partial charge on any atom is 0.407 e. The second-order valence-electron chi connectivity index (χ2n) is 6.03. The lowest BCUT2D eigenvalue weighted by atomic mass is 10.2. The number of ether oxygens (including phenoxy) is 1. The maximum absolute atomic E-state index is 11.9. The SMILES string of the molecule is O=C(NCc1nc2ccccc2n1C1CC1)OCc1ccccc1. The van der Waals surface area contributed by atoms with Gasteiger partial charge in [-0.05, 0) is 30.5 Å². The van der Waals surface area contributed by atoms with E-state index in [0.29, 0.717) is 12.6 Å². The Morgan fingerprint density at radius 1 is 1.12 bits per heavy atom. The van der Waals surface area contributed by atoms with Gasteiger partial charge in [0.1, 0.15) is 12.4 Å². The van der Waals surface area contributed by atoms with Crippen LogP contribution in [-0.4, -0.2) is 15.6 Å². The summed E-state index contributed by atoms with van der Waals surface area (Å²) in [6.45, 7) is 0.643. The lowest BCUT2D eigenvalue weighted by Crippen LogP contribution is -2.25. The molecule has 4 rings (SSSR count). The molecule has 1 aliphatic rings. The molecule has 5 heteroatoms. The van der Waals surface area contributed by atoms with Gasteiger partial charge in [0.15, 0.2) is 0 Å². The summed E-state index contributed by atoms with van der Waals surface area (Å²) < 4.78 is 7.50. The summed E-state index contributed by atoms with van der Waals surface area (Å²) in [5, 5.41) is 2.81. The Morgan fingerprint density at radius 2 is 1.88 bits per heavy atom. The molecule has 0 saturated heterocycles. The van der Waals surface area contributed by atoms with E-state index in [2.05, 4.69) is 20.9 Å². The summed E-state index contributed by atoms with van der Waals surface area (Å²) in [6.07, 6.45) is 1.92. The summed E-state index contributed by atoms with van der Waals surface area (Å²) in [4.78, 5) is 16.6. The molecule has 1 fully saturated rings. The highest BCUT2D eigenvalue weighted by Gasteiger charge is 2.28. The first-order valence-electron chi connectivity index (χ1n) is 8.21. The number of hydrogen-bond donors (Lipinski definition) is 1. The first-order valence-corrected chi connectivity index (χ1v) is 8.21. The van der Waals surface area contributed by atoms with E-state index in [1.807, 2.05) is 48.5 Å². The molecule has 0 bridgehead atoms. The summed E-state index contributed by atoms with van der Waals surface area (Å²) in [6, 6.07) is 18.2. The molecule has 1 amide bonds. The molecule has 1 heterocycles. The zero-order valence-corrected chi connectivity index (χ0v) is 13.3. The molecule has 1 saturated carbocycles. The number of amides is 1. The number of benzene rings is 2. The van der Waals surface area contributed by atoms with Crippen LogP contribution in [0.5, 0.6) is 0 Å². The van der Waals surface area contributed by atoms with Crippen molar-refractivity contribution in [2.75, 3.05) is 0 Å². The average Bonchev–Trinajstić information content (AvgIpc) is 3.39. The fraction of sp³-hybridized carbons (Fsp3) is 0.263. The summed E-state index contributed by atoms with van der Waals surface area (Å²) in [7, 11) is 0. The number of carbonyl (C=O) groups excluding carboxylic acids is 1. The standard InChI is InChI=1S/C19H19N3O2/c23-19(24-13-14-6-2-1-3-7-14)20-12-18-21-16-8-4-5-9-17(16)22(18)15-10-11-15/h1-9,15H,10-13H2,(H,20,23). The molecule has 0 aliphatic heterocycles. The molecule has 1 aromatic heterocycles. The Kier molecular flexibility index (Phi) is 3.91. The van der Waals surface area contributed by atoms with Gasteiger partial charge in [0.25, 0.3) is 0 Å². The van der Waals surface area contributed by atoms with Gasteiger partial charge in [-0.1, -0.05) is 42.5 Å². The fourth-order valence-electron chi connectivity index (χ4n) is 2.88. The van der Waals surface area contributed by atoms with E-state index in [4.69, 9.17) is 4.74 Å². The lowest BCUT2D eigenvalue weighted by Gasteiger charge is -2.09. The normalized spacial score (nSPS) is 13.8. The van der Waals surface area contributed by atoms with E-state index in [1.165, 1.54) is 12.8 Å². The molecule has 3 aromatic rings. The summed E-state index contributed by atoms with van der Waals surface area (Å²) in [5.41, 5.74) is 3.08. The molecule has 122 valence electrons. The first-order chi connectivity index (χ1) is 11.8. The van der Waals surface area contributed by atoms with Crippen LogP contribution in [0.2, 0.25) is 0 Å². The molecular formula is C19H19N3O2. The number of para-hydroxylation sites is 2. The molecule has 0 atom stereocenters. The van der Waals surface area contributed by atoms with Crippen molar-refractivity contribution < 1.29 is 9.53 Å². The number of hydrogen-bond acceptors (Lipinski definition) is 3. The van der Waals surface area contributed by atoms with Gasteiger partial charge in [0, 0.05) is 6.04 Å². The minimum atomic E-state index is -0.423. The van der Waals surface area contributed by atoms with E-state index in [1.54, 1.807) is 0 Å². The van der Waals surface area contributed by atoms with Crippen LogP contribution in [-0.2, 0) is 17.9 Å². The van der Waals surface area contributed by atoms with Crippen LogP contribution in [0.3, 0.4) is 0 Å². The molecule has 2 aromatic carbocycles. The minimum absolute atomic E-state index is 0.270. The van der Waals surface area contributed by atoms with Crippen molar-refractivity contribution >= 4 is 17.1 Å². The van der Waals surface area contributed by atoms with E-state index < -0.39 is 6.09 Å². The third kappa shape index (κ3) is 3.11. The quantitative estimate of drug-likeness (QED) is 0.777. The number of nitrogens with one attached hydrogen (secondary N) is 1. The molecule has 0 spiro atoms. The van der Waals surface area contributed by atoms with Crippen LogP contribution in [0.1, 0.15) is 30.3 Å². The van der Waals surface area contributed by atoms with Crippen LogP contribution < -0.4 is 5.32 Å². The zero-order valence-electron chi connectivity index (χ0n) is 13.3. The number of alkyl carbamates (subject to hydrolysis) is 1. The largest absolute Gasteiger partial charge is 0.445 e. The van der Waals surface area contributed by atoms with Gasteiger partial charge >= 0.3 is 6.09 Å². The van der Waals surface area contributed by atoms with Crippen LogP contribution in [0, 0.1) is 0 Å². The highest BCUT2D eigenvalue weighted by Crippen LogP contribution is 2.38. The van der Waals surface area contributed by atoms with Crippen molar-refractivity contribution in [1.82, 2.24) is 14.9 Å². The Bertz CT molecular complexity index is 853. The Hall–Kier alpha value is -2.82. The zero-order chi connectivity index (χ0) is 16.4. The number of imidazole rings is 1. The third-order valence-corrected chi connectivity index (χ3v) is 4.18. The van der Waals surface area contributed by atoms with E-state index >= 15 is 0 Å². The van der Waals surface area contributed by atoms with E-state index in [-0.39, 0.29) is 6.61 Å². The predicted octanol–water partition coefficient (Wildman–Crippen LogP) is 3.80. The molecule has 1 aliphatic carbocycles. The van der Waals surface area contributed by atoms with Crippen molar-refractivity contribution in [2.45, 2.75) is 32.0 Å². The number of rotatable bonds is 5. The number of nitrogens with zero attached hydrogens (tertiary/aromatic N) is 2.